The van der Waals surface area contributed by atoms with Gasteiger partial charge in [-0.3, -0.25) is 4.79 Å². The molecule has 0 aliphatic heterocycles. The van der Waals surface area contributed by atoms with E-state index in [1.165, 1.54) is 24.8 Å². The molecule has 33 heavy (non-hydrogen) atoms. The van der Waals surface area contributed by atoms with E-state index in [1.807, 2.05) is 0 Å². The molecule has 4 rings (SSSR count). The van der Waals surface area contributed by atoms with E-state index in [-0.39, 0.29) is 28.3 Å². The average Bonchev–Trinajstić information content (AvgIpc) is 3.05. The molecule has 0 aromatic rings. The highest BCUT2D eigenvalue weighted by molar-refractivity contribution is 5.87. The van der Waals surface area contributed by atoms with E-state index in [0.29, 0.717) is 17.8 Å². The molecular formula is C30H51NO2. The first-order valence-electron chi connectivity index (χ1n) is 14.0. The van der Waals surface area contributed by atoms with Gasteiger partial charge in [-0.05, 0) is 91.3 Å². The largest absolute Gasteiger partial charge is 0.393 e. The van der Waals surface area contributed by atoms with Crippen molar-refractivity contribution in [3.05, 3.63) is 11.1 Å². The standard InChI is InChI=1S/C30H51NO2/c1-19(2)9-8-10-20(3)21-14-18-30(26(31)33)23-11-12-24-27(4,5)25(32)15-16-28(24,6)22(23)13-17-29(21,30)7/h19-21,24-25,32H,8-18H2,1-7H3,(H2,31,33)/t20-,21-,24+,25+,28-,29-,30+/m1/s1. The fourth-order valence-electron chi connectivity index (χ4n) is 9.87. The van der Waals surface area contributed by atoms with Gasteiger partial charge in [0.05, 0.1) is 11.5 Å². The number of amides is 1. The molecular weight excluding hydrogens is 406 g/mol. The topological polar surface area (TPSA) is 63.3 Å². The lowest BCUT2D eigenvalue weighted by atomic mass is 9.43. The number of aliphatic hydroxyl groups excluding tert-OH is 1. The van der Waals surface area contributed by atoms with Crippen LogP contribution in [0.25, 0.3) is 0 Å². The second-order valence-electron chi connectivity index (χ2n) is 14.0. The first-order chi connectivity index (χ1) is 15.3. The smallest absolute Gasteiger partial charge is 0.228 e. The molecule has 0 aromatic carbocycles. The summed E-state index contributed by atoms with van der Waals surface area (Å²) < 4.78 is 0. The molecule has 4 aliphatic rings. The summed E-state index contributed by atoms with van der Waals surface area (Å²) in [5.74, 6) is 2.42. The molecule has 2 fully saturated rings. The Bertz CT molecular complexity index is 812. The van der Waals surface area contributed by atoms with Gasteiger partial charge < -0.3 is 10.8 Å². The van der Waals surface area contributed by atoms with Crippen molar-refractivity contribution >= 4 is 5.91 Å². The number of hydrogen-bond acceptors (Lipinski definition) is 2. The molecule has 3 heteroatoms. The van der Waals surface area contributed by atoms with Crippen molar-refractivity contribution in [1.82, 2.24) is 0 Å². The maximum Gasteiger partial charge on any atom is 0.228 e. The molecule has 2 saturated carbocycles. The highest BCUT2D eigenvalue weighted by atomic mass is 16.3. The predicted octanol–water partition coefficient (Wildman–Crippen LogP) is 7.02. The Labute approximate surface area is 203 Å². The lowest BCUT2D eigenvalue weighted by Crippen LogP contribution is -2.58. The molecule has 7 atom stereocenters. The first-order valence-corrected chi connectivity index (χ1v) is 14.0. The summed E-state index contributed by atoms with van der Waals surface area (Å²) in [5.41, 5.74) is 8.99. The minimum atomic E-state index is -0.453. The molecule has 4 aliphatic carbocycles. The summed E-state index contributed by atoms with van der Waals surface area (Å²) in [7, 11) is 0. The van der Waals surface area contributed by atoms with Crippen molar-refractivity contribution in [2.24, 2.45) is 51.1 Å². The van der Waals surface area contributed by atoms with Gasteiger partial charge in [-0.1, -0.05) is 78.9 Å². The van der Waals surface area contributed by atoms with Crippen molar-refractivity contribution in [1.29, 1.82) is 0 Å². The molecule has 0 saturated heterocycles. The van der Waals surface area contributed by atoms with Gasteiger partial charge in [0, 0.05) is 0 Å². The highest BCUT2D eigenvalue weighted by Gasteiger charge is 2.67. The van der Waals surface area contributed by atoms with Gasteiger partial charge in [0.25, 0.3) is 0 Å². The summed E-state index contributed by atoms with van der Waals surface area (Å²) in [6, 6.07) is 0. The number of hydrogen-bond donors (Lipinski definition) is 2. The molecule has 188 valence electrons. The van der Waals surface area contributed by atoms with Gasteiger partial charge >= 0.3 is 0 Å². The number of carbonyl (C=O) groups is 1. The van der Waals surface area contributed by atoms with Crippen LogP contribution in [0, 0.1) is 45.3 Å². The summed E-state index contributed by atoms with van der Waals surface area (Å²) in [6.45, 7) is 16.5. The van der Waals surface area contributed by atoms with Gasteiger partial charge in [0.15, 0.2) is 0 Å². The molecule has 0 aromatic heterocycles. The molecule has 0 unspecified atom stereocenters. The Morgan fingerprint density at radius 3 is 2.30 bits per heavy atom. The molecule has 0 heterocycles. The molecule has 0 spiro atoms. The number of rotatable bonds is 6. The zero-order chi connectivity index (χ0) is 24.4. The fourth-order valence-corrected chi connectivity index (χ4v) is 9.87. The number of fused-ring (bicyclic) bond motifs is 4. The molecule has 1 amide bonds. The van der Waals surface area contributed by atoms with Crippen molar-refractivity contribution in [2.45, 2.75) is 125 Å². The lowest BCUT2D eigenvalue weighted by Gasteiger charge is -2.62. The second-order valence-corrected chi connectivity index (χ2v) is 14.0. The number of carbonyl (C=O) groups excluding carboxylic acids is 1. The van der Waals surface area contributed by atoms with E-state index in [2.05, 4.69) is 48.5 Å². The Morgan fingerprint density at radius 2 is 1.67 bits per heavy atom. The van der Waals surface area contributed by atoms with Gasteiger partial charge in [-0.2, -0.15) is 0 Å². The van der Waals surface area contributed by atoms with Gasteiger partial charge in [-0.15, -0.1) is 0 Å². The number of allylic oxidation sites excluding steroid dienone is 1. The SMILES string of the molecule is CC(C)CCC[C@@H](C)[C@H]1CC[C@@]2(C(N)=O)C3=C(CC[C@]12C)[C@@]1(C)CC[C@H](O)C(C)(C)[C@@H]1CC3. The second kappa shape index (κ2) is 8.38. The maximum absolute atomic E-state index is 13.5. The van der Waals surface area contributed by atoms with Crippen molar-refractivity contribution in [3.63, 3.8) is 0 Å². The van der Waals surface area contributed by atoms with Crippen molar-refractivity contribution in [2.75, 3.05) is 0 Å². The zero-order valence-electron chi connectivity index (χ0n) is 22.6. The fraction of sp³-hybridized carbons (Fsp3) is 0.900. The summed E-state index contributed by atoms with van der Waals surface area (Å²) >= 11 is 0. The van der Waals surface area contributed by atoms with Gasteiger partial charge in [0.1, 0.15) is 0 Å². The van der Waals surface area contributed by atoms with Crippen LogP contribution in [0.5, 0.6) is 0 Å². The van der Waals surface area contributed by atoms with E-state index in [1.54, 1.807) is 5.57 Å². The van der Waals surface area contributed by atoms with Crippen molar-refractivity contribution < 1.29 is 9.90 Å². The van der Waals surface area contributed by atoms with Crippen LogP contribution in [0.4, 0.5) is 0 Å². The summed E-state index contributed by atoms with van der Waals surface area (Å²) in [5, 5.41) is 10.8. The van der Waals surface area contributed by atoms with E-state index in [9.17, 15) is 9.90 Å². The van der Waals surface area contributed by atoms with E-state index in [0.717, 1.165) is 57.3 Å². The van der Waals surface area contributed by atoms with Crippen LogP contribution < -0.4 is 5.73 Å². The van der Waals surface area contributed by atoms with Crippen LogP contribution in [0.3, 0.4) is 0 Å². The van der Waals surface area contributed by atoms with Crippen LogP contribution in [0.2, 0.25) is 0 Å². The number of aliphatic hydroxyl groups is 1. The van der Waals surface area contributed by atoms with E-state index < -0.39 is 5.41 Å². The predicted molar refractivity (Wildman–Crippen MR) is 136 cm³/mol. The summed E-state index contributed by atoms with van der Waals surface area (Å²) in [4.78, 5) is 13.5. The highest BCUT2D eigenvalue weighted by Crippen LogP contribution is 2.72. The van der Waals surface area contributed by atoms with E-state index in [4.69, 9.17) is 5.73 Å². The Morgan fingerprint density at radius 1 is 0.970 bits per heavy atom. The summed E-state index contributed by atoms with van der Waals surface area (Å²) in [6.07, 6.45) is 11.9. The van der Waals surface area contributed by atoms with Crippen LogP contribution in [-0.4, -0.2) is 17.1 Å². The minimum Gasteiger partial charge on any atom is -0.393 e. The minimum absolute atomic E-state index is 0.0121. The van der Waals surface area contributed by atoms with E-state index >= 15 is 0 Å². The van der Waals surface area contributed by atoms with Crippen LogP contribution >= 0.6 is 0 Å². The van der Waals surface area contributed by atoms with Crippen LogP contribution in [0.1, 0.15) is 119 Å². The average molecular weight is 458 g/mol. The lowest BCUT2D eigenvalue weighted by molar-refractivity contribution is -0.136. The van der Waals surface area contributed by atoms with Crippen molar-refractivity contribution in [3.8, 4) is 0 Å². The molecule has 0 bridgehead atoms. The monoisotopic (exact) mass is 457 g/mol. The van der Waals surface area contributed by atoms with Crippen LogP contribution in [0.15, 0.2) is 11.1 Å². The number of primary amides is 1. The Hall–Kier alpha value is -0.830. The Kier molecular flexibility index (Phi) is 6.42. The zero-order valence-corrected chi connectivity index (χ0v) is 22.6. The Balaban J connectivity index is 1.72. The molecule has 3 N–H and O–H groups in total. The third kappa shape index (κ3) is 3.49. The third-order valence-corrected chi connectivity index (χ3v) is 11.8. The maximum atomic E-state index is 13.5. The van der Waals surface area contributed by atoms with Crippen LogP contribution in [-0.2, 0) is 4.79 Å². The quantitative estimate of drug-likeness (QED) is 0.421. The molecule has 0 radical (unpaired) electrons. The molecule has 3 nitrogen and oxygen atoms in total. The van der Waals surface area contributed by atoms with Gasteiger partial charge in [0.2, 0.25) is 5.91 Å². The van der Waals surface area contributed by atoms with Gasteiger partial charge in [-0.25, -0.2) is 0 Å². The first kappa shape index (κ1) is 25.3. The number of nitrogens with two attached hydrogens (primary N) is 1. The normalized spacial score (nSPS) is 43.1. The third-order valence-electron chi connectivity index (χ3n) is 11.8.